The van der Waals surface area contributed by atoms with E-state index in [1.807, 2.05) is 6.07 Å². The van der Waals surface area contributed by atoms with E-state index >= 15 is 0 Å². The molecule has 0 bridgehead atoms. The van der Waals surface area contributed by atoms with Crippen molar-refractivity contribution in [3.63, 3.8) is 0 Å². The Morgan fingerprint density at radius 1 is 1.33 bits per heavy atom. The van der Waals surface area contributed by atoms with E-state index in [2.05, 4.69) is 5.48 Å². The van der Waals surface area contributed by atoms with Crippen molar-refractivity contribution in [2.24, 2.45) is 0 Å². The van der Waals surface area contributed by atoms with Crippen LogP contribution in [0.25, 0.3) is 0 Å². The first-order valence-electron chi connectivity index (χ1n) is 5.47. The van der Waals surface area contributed by atoms with Gasteiger partial charge < -0.3 is 4.74 Å². The van der Waals surface area contributed by atoms with Crippen LogP contribution in [0.1, 0.15) is 12.0 Å². The number of methoxy groups -OCH3 is 1. The Morgan fingerprint density at radius 2 is 2.11 bits per heavy atom. The molecule has 0 saturated heterocycles. The van der Waals surface area contributed by atoms with Crippen LogP contribution < -0.4 is 5.48 Å². The van der Waals surface area contributed by atoms with Crippen LogP contribution in [0.2, 0.25) is 10.0 Å². The summed E-state index contributed by atoms with van der Waals surface area (Å²) in [7, 11) is 1.56. The summed E-state index contributed by atoms with van der Waals surface area (Å²) in [5.74, 6) is -0.197. The molecule has 0 atom stereocenters. The Balaban J connectivity index is 2.29. The summed E-state index contributed by atoms with van der Waals surface area (Å²) >= 11 is 11.8. The molecule has 1 amide bonds. The molecule has 0 saturated carbocycles. The minimum atomic E-state index is -0.197. The maximum absolute atomic E-state index is 11.4. The fourth-order valence-corrected chi connectivity index (χ4v) is 1.78. The fourth-order valence-electron chi connectivity index (χ4n) is 1.28. The minimum Gasteiger partial charge on any atom is -0.382 e. The summed E-state index contributed by atoms with van der Waals surface area (Å²) in [6.07, 6.45) is 0.837. The summed E-state index contributed by atoms with van der Waals surface area (Å²) in [6, 6.07) is 5.21. The topological polar surface area (TPSA) is 47.6 Å². The lowest BCUT2D eigenvalue weighted by Crippen LogP contribution is -2.25. The van der Waals surface area contributed by atoms with Crippen LogP contribution in [0.15, 0.2) is 18.2 Å². The number of carbonyl (C=O) groups is 1. The monoisotopic (exact) mass is 291 g/mol. The van der Waals surface area contributed by atoms with E-state index in [4.69, 9.17) is 32.8 Å². The lowest BCUT2D eigenvalue weighted by atomic mass is 10.1. The molecule has 0 radical (unpaired) electrons. The highest BCUT2D eigenvalue weighted by Gasteiger charge is 2.05. The van der Waals surface area contributed by atoms with Crippen LogP contribution in [0.4, 0.5) is 0 Å². The molecule has 1 rings (SSSR count). The minimum absolute atomic E-state index is 0.197. The summed E-state index contributed by atoms with van der Waals surface area (Å²) in [5.41, 5.74) is 3.21. The summed E-state index contributed by atoms with van der Waals surface area (Å²) in [6.45, 7) is 0.757. The average Bonchev–Trinajstić information content (AvgIpc) is 2.33. The van der Waals surface area contributed by atoms with Crippen LogP contribution in [-0.4, -0.2) is 26.2 Å². The van der Waals surface area contributed by atoms with Gasteiger partial charge in [0.05, 0.1) is 13.2 Å². The predicted molar refractivity (Wildman–Crippen MR) is 70.8 cm³/mol. The van der Waals surface area contributed by atoms with Gasteiger partial charge in [-0.05, 0) is 24.1 Å². The summed E-state index contributed by atoms with van der Waals surface area (Å²) in [4.78, 5) is 16.3. The normalized spacial score (nSPS) is 10.4. The Morgan fingerprint density at radius 3 is 2.78 bits per heavy atom. The van der Waals surface area contributed by atoms with Crippen LogP contribution in [0.5, 0.6) is 0 Å². The molecule has 1 aromatic carbocycles. The van der Waals surface area contributed by atoms with Crippen LogP contribution in [0, 0.1) is 0 Å². The predicted octanol–water partition coefficient (Wildman–Crippen LogP) is 2.62. The van der Waals surface area contributed by atoms with E-state index in [9.17, 15) is 4.79 Å². The van der Waals surface area contributed by atoms with Crippen LogP contribution in [-0.2, 0) is 20.8 Å². The first kappa shape index (κ1) is 15.2. The maximum Gasteiger partial charge on any atom is 0.243 e. The van der Waals surface area contributed by atoms with Crippen molar-refractivity contribution in [2.75, 3.05) is 20.3 Å². The quantitative estimate of drug-likeness (QED) is 0.621. The lowest BCUT2D eigenvalue weighted by Gasteiger charge is -2.06. The third kappa shape index (κ3) is 5.69. The summed E-state index contributed by atoms with van der Waals surface area (Å²) < 4.78 is 4.77. The average molecular weight is 292 g/mol. The third-order valence-electron chi connectivity index (χ3n) is 2.21. The smallest absolute Gasteiger partial charge is 0.243 e. The molecule has 0 unspecified atom stereocenters. The molecule has 1 N–H and O–H groups in total. The number of carbonyl (C=O) groups excluding carboxylic acids is 1. The molecule has 100 valence electrons. The molecule has 0 aliphatic rings. The van der Waals surface area contributed by atoms with Crippen LogP contribution >= 0.6 is 23.2 Å². The zero-order valence-corrected chi connectivity index (χ0v) is 11.6. The van der Waals surface area contributed by atoms with Gasteiger partial charge in [0.2, 0.25) is 5.91 Å². The first-order valence-corrected chi connectivity index (χ1v) is 6.22. The van der Waals surface area contributed by atoms with Gasteiger partial charge in [-0.2, -0.15) is 0 Å². The third-order valence-corrected chi connectivity index (χ3v) is 2.80. The second-order valence-electron chi connectivity index (χ2n) is 3.60. The number of rotatable bonds is 7. The van der Waals surface area contributed by atoms with Gasteiger partial charge in [-0.3, -0.25) is 9.63 Å². The number of benzene rings is 1. The molecular weight excluding hydrogens is 277 g/mol. The molecule has 1 aromatic rings. The highest BCUT2D eigenvalue weighted by atomic mass is 35.5. The van der Waals surface area contributed by atoms with Gasteiger partial charge in [0.15, 0.2) is 0 Å². The molecule has 0 aromatic heterocycles. The Hall–Kier alpha value is -0.810. The summed E-state index contributed by atoms with van der Waals surface area (Å²) in [5, 5.41) is 1.15. The number of hydrogen-bond donors (Lipinski definition) is 1. The highest BCUT2D eigenvalue weighted by molar-refractivity contribution is 6.35. The van der Waals surface area contributed by atoms with E-state index < -0.39 is 0 Å². The second-order valence-corrected chi connectivity index (χ2v) is 4.45. The Labute approximate surface area is 116 Å². The highest BCUT2D eigenvalue weighted by Crippen LogP contribution is 2.21. The zero-order valence-electron chi connectivity index (χ0n) is 10.0. The van der Waals surface area contributed by atoms with Gasteiger partial charge in [0, 0.05) is 23.6 Å². The number of aryl methyl sites for hydroxylation is 1. The van der Waals surface area contributed by atoms with E-state index in [-0.39, 0.29) is 5.91 Å². The van der Waals surface area contributed by atoms with E-state index in [0.29, 0.717) is 36.1 Å². The number of ether oxygens (including phenoxy) is 1. The molecule has 0 spiro atoms. The number of amides is 1. The van der Waals surface area contributed by atoms with Gasteiger partial charge >= 0.3 is 0 Å². The molecule has 0 fully saturated rings. The van der Waals surface area contributed by atoms with E-state index in [1.165, 1.54) is 0 Å². The van der Waals surface area contributed by atoms with Gasteiger partial charge in [0.1, 0.15) is 0 Å². The van der Waals surface area contributed by atoms with Crippen molar-refractivity contribution < 1.29 is 14.4 Å². The SMILES string of the molecule is COCCONC(=O)CCc1ccc(Cl)cc1Cl. The second kappa shape index (κ2) is 8.32. The van der Waals surface area contributed by atoms with Crippen molar-refractivity contribution in [1.29, 1.82) is 0 Å². The number of hydrogen-bond acceptors (Lipinski definition) is 3. The molecule has 18 heavy (non-hydrogen) atoms. The molecule has 0 heterocycles. The lowest BCUT2D eigenvalue weighted by molar-refractivity contribution is -0.134. The Bertz CT molecular complexity index is 399. The fraction of sp³-hybridized carbons (Fsp3) is 0.417. The standard InChI is InChI=1S/C12H15Cl2NO3/c1-17-6-7-18-15-12(16)5-3-9-2-4-10(13)8-11(9)14/h2,4,8H,3,5-7H2,1H3,(H,15,16). The molecule has 6 heteroatoms. The van der Waals surface area contributed by atoms with Gasteiger partial charge in [-0.1, -0.05) is 29.3 Å². The molecule has 0 aliphatic heterocycles. The van der Waals surface area contributed by atoms with Gasteiger partial charge in [-0.25, -0.2) is 5.48 Å². The largest absolute Gasteiger partial charge is 0.382 e. The van der Waals surface area contributed by atoms with Crippen molar-refractivity contribution in [1.82, 2.24) is 5.48 Å². The van der Waals surface area contributed by atoms with Crippen molar-refractivity contribution in [2.45, 2.75) is 12.8 Å². The van der Waals surface area contributed by atoms with Gasteiger partial charge in [-0.15, -0.1) is 0 Å². The number of nitrogens with one attached hydrogen (secondary N) is 1. The number of hydroxylamine groups is 1. The molecule has 0 aliphatic carbocycles. The van der Waals surface area contributed by atoms with Crippen LogP contribution in [0.3, 0.4) is 0 Å². The van der Waals surface area contributed by atoms with Crippen molar-refractivity contribution >= 4 is 29.1 Å². The van der Waals surface area contributed by atoms with Crippen molar-refractivity contribution in [3.05, 3.63) is 33.8 Å². The zero-order chi connectivity index (χ0) is 13.4. The maximum atomic E-state index is 11.4. The molecular formula is C12H15Cl2NO3. The molecule has 4 nitrogen and oxygen atoms in total. The first-order chi connectivity index (χ1) is 8.63. The Kier molecular flexibility index (Phi) is 7.05. The van der Waals surface area contributed by atoms with Crippen molar-refractivity contribution in [3.8, 4) is 0 Å². The van der Waals surface area contributed by atoms with E-state index in [0.717, 1.165) is 5.56 Å². The van der Waals surface area contributed by atoms with Gasteiger partial charge in [0.25, 0.3) is 0 Å². The number of halogens is 2. The van der Waals surface area contributed by atoms with E-state index in [1.54, 1.807) is 19.2 Å².